The zero-order valence-corrected chi connectivity index (χ0v) is 23.1. The van der Waals surface area contributed by atoms with Crippen molar-refractivity contribution in [3.05, 3.63) is 90.3 Å². The summed E-state index contributed by atoms with van der Waals surface area (Å²) in [6, 6.07) is 19.6. The van der Waals surface area contributed by atoms with Gasteiger partial charge in [-0.05, 0) is 54.4 Å². The van der Waals surface area contributed by atoms with Crippen LogP contribution in [0.15, 0.2) is 89.2 Å². The molecule has 0 saturated heterocycles. The molecule has 1 atom stereocenters. The first-order valence-electron chi connectivity index (χ1n) is 12.3. The van der Waals surface area contributed by atoms with Gasteiger partial charge in [0.25, 0.3) is 0 Å². The molecule has 0 amide bonds. The van der Waals surface area contributed by atoms with Gasteiger partial charge in [0.15, 0.2) is 11.0 Å². The van der Waals surface area contributed by atoms with Gasteiger partial charge >= 0.3 is 12.3 Å². The third-order valence-electron chi connectivity index (χ3n) is 5.61. The van der Waals surface area contributed by atoms with Crippen molar-refractivity contribution in [2.75, 3.05) is 12.9 Å². The molecule has 0 aliphatic rings. The maximum Gasteiger partial charge on any atom is 0.573 e. The van der Waals surface area contributed by atoms with E-state index in [0.717, 1.165) is 28.6 Å². The van der Waals surface area contributed by atoms with E-state index in [1.807, 2.05) is 31.2 Å². The molecular weight excluding hydrogens is 573 g/mol. The Morgan fingerprint density at radius 3 is 2.36 bits per heavy atom. The van der Waals surface area contributed by atoms with Crippen LogP contribution in [0.5, 0.6) is 11.5 Å². The molecular formula is C28H25F3N6O4S. The molecule has 14 heteroatoms. The van der Waals surface area contributed by atoms with Gasteiger partial charge in [0.1, 0.15) is 17.8 Å². The van der Waals surface area contributed by atoms with Crippen LogP contribution in [0.2, 0.25) is 0 Å². The summed E-state index contributed by atoms with van der Waals surface area (Å²) in [5, 5.41) is 18.1. The number of carboxylic acid groups (broad SMARTS) is 1. The zero-order valence-electron chi connectivity index (χ0n) is 22.3. The molecule has 218 valence electrons. The summed E-state index contributed by atoms with van der Waals surface area (Å²) in [6.07, 6.45) is -1.74. The molecule has 4 rings (SSSR count). The third-order valence-corrected chi connectivity index (χ3v) is 6.47. The number of hydrogen-bond donors (Lipinski definition) is 2. The van der Waals surface area contributed by atoms with Crippen molar-refractivity contribution in [2.45, 2.75) is 19.3 Å². The van der Waals surface area contributed by atoms with Gasteiger partial charge in [0, 0.05) is 5.56 Å². The van der Waals surface area contributed by atoms with Crippen LogP contribution in [0.4, 0.5) is 13.2 Å². The highest BCUT2D eigenvalue weighted by atomic mass is 32.2. The standard InChI is InChI=1S/C28H25F3N6O4S/c1-18(20-7-11-23(40-2)12-8-20)34-27(42-16-25(38)39)35-33-15-19-3-5-21(6-4-19)26-32-17-37(36-26)22-9-13-24(14-10-22)41-28(29,30)31/h3-15,17-18H,16H2,1-2H3,(H,34,35)(H,38,39)/b33-15+. The molecule has 0 aliphatic carbocycles. The van der Waals surface area contributed by atoms with Crippen molar-refractivity contribution < 1.29 is 32.5 Å². The summed E-state index contributed by atoms with van der Waals surface area (Å²) in [5.74, 6) is -0.351. The average molecular weight is 599 g/mol. The number of rotatable bonds is 10. The summed E-state index contributed by atoms with van der Waals surface area (Å²) >= 11 is 1.02. The molecule has 1 heterocycles. The van der Waals surface area contributed by atoms with E-state index in [1.165, 1.54) is 35.3 Å². The number of aliphatic carboxylic acids is 1. The fourth-order valence-corrected chi connectivity index (χ4v) is 4.17. The highest BCUT2D eigenvalue weighted by Crippen LogP contribution is 2.24. The number of ether oxygens (including phenoxy) is 2. The van der Waals surface area contributed by atoms with E-state index in [9.17, 15) is 18.0 Å². The van der Waals surface area contributed by atoms with Crippen molar-refractivity contribution in [3.8, 4) is 28.6 Å². The van der Waals surface area contributed by atoms with E-state index in [4.69, 9.17) is 9.84 Å². The Morgan fingerprint density at radius 2 is 1.74 bits per heavy atom. The molecule has 1 aromatic heterocycles. The van der Waals surface area contributed by atoms with Crippen molar-refractivity contribution in [2.24, 2.45) is 10.1 Å². The SMILES string of the molecule is COc1ccc(C(C)/N=C(/N/N=C/c2ccc(-c3ncn(-c4ccc(OC(F)(F)F)cc4)n3)cc2)SCC(=O)O)cc1. The topological polar surface area (TPSA) is 123 Å². The van der Waals surface area contributed by atoms with Gasteiger partial charge in [0.05, 0.1) is 30.8 Å². The van der Waals surface area contributed by atoms with E-state index in [-0.39, 0.29) is 17.5 Å². The van der Waals surface area contributed by atoms with Crippen LogP contribution < -0.4 is 14.9 Å². The zero-order chi connectivity index (χ0) is 30.1. The van der Waals surface area contributed by atoms with Gasteiger partial charge in [-0.1, -0.05) is 48.2 Å². The predicted octanol–water partition coefficient (Wildman–Crippen LogP) is 5.70. The minimum Gasteiger partial charge on any atom is -0.497 e. The fourth-order valence-electron chi connectivity index (χ4n) is 3.56. The number of hydrogen-bond acceptors (Lipinski definition) is 8. The molecule has 3 aromatic carbocycles. The number of carboxylic acids is 1. The fraction of sp³-hybridized carbons (Fsp3) is 0.179. The first-order chi connectivity index (χ1) is 20.1. The summed E-state index contributed by atoms with van der Waals surface area (Å²) in [5.41, 5.74) is 5.72. The van der Waals surface area contributed by atoms with Crippen LogP contribution in [0.1, 0.15) is 24.1 Å². The summed E-state index contributed by atoms with van der Waals surface area (Å²) in [7, 11) is 1.59. The van der Waals surface area contributed by atoms with Gasteiger partial charge in [0.2, 0.25) is 0 Å². The molecule has 0 bridgehead atoms. The van der Waals surface area contributed by atoms with E-state index >= 15 is 0 Å². The Balaban J connectivity index is 1.40. The van der Waals surface area contributed by atoms with Crippen molar-refractivity contribution in [3.63, 3.8) is 0 Å². The van der Waals surface area contributed by atoms with Crippen molar-refractivity contribution >= 4 is 29.1 Å². The maximum absolute atomic E-state index is 12.4. The second-order valence-electron chi connectivity index (χ2n) is 8.61. The monoisotopic (exact) mass is 598 g/mol. The van der Waals surface area contributed by atoms with Gasteiger partial charge in [-0.3, -0.25) is 15.2 Å². The molecule has 42 heavy (non-hydrogen) atoms. The number of alkyl halides is 3. The Bertz CT molecular complexity index is 1540. The third kappa shape index (κ3) is 8.83. The largest absolute Gasteiger partial charge is 0.573 e. The predicted molar refractivity (Wildman–Crippen MR) is 153 cm³/mol. The van der Waals surface area contributed by atoms with Gasteiger partial charge in [-0.2, -0.15) is 5.10 Å². The smallest absolute Gasteiger partial charge is 0.497 e. The van der Waals surface area contributed by atoms with E-state index in [2.05, 4.69) is 30.3 Å². The molecule has 0 aliphatic heterocycles. The number of nitrogens with zero attached hydrogens (tertiary/aromatic N) is 5. The van der Waals surface area contributed by atoms with Crippen LogP contribution in [-0.4, -0.2) is 56.4 Å². The molecule has 4 aromatic rings. The lowest BCUT2D eigenvalue weighted by molar-refractivity contribution is -0.274. The number of hydrazone groups is 1. The molecule has 2 N–H and O–H groups in total. The minimum absolute atomic E-state index is 0.184. The van der Waals surface area contributed by atoms with Crippen LogP contribution in [0, 0.1) is 0 Å². The Morgan fingerprint density at radius 1 is 1.07 bits per heavy atom. The molecule has 10 nitrogen and oxygen atoms in total. The Hall–Kier alpha value is -4.85. The number of aliphatic imine (C=N–C) groups is 1. The summed E-state index contributed by atoms with van der Waals surface area (Å²) < 4.78 is 47.6. The number of benzene rings is 3. The quantitative estimate of drug-likeness (QED) is 0.135. The number of halogens is 3. The number of thioether (sulfide) groups is 1. The van der Waals surface area contributed by atoms with Crippen molar-refractivity contribution in [1.29, 1.82) is 0 Å². The average Bonchev–Trinajstić information content (AvgIpc) is 3.46. The lowest BCUT2D eigenvalue weighted by Gasteiger charge is -2.11. The number of aromatic nitrogens is 3. The van der Waals surface area contributed by atoms with Crippen molar-refractivity contribution in [1.82, 2.24) is 20.2 Å². The van der Waals surface area contributed by atoms with Gasteiger partial charge in [-0.25, -0.2) is 9.67 Å². The second-order valence-corrected chi connectivity index (χ2v) is 9.58. The summed E-state index contributed by atoms with van der Waals surface area (Å²) in [4.78, 5) is 20.0. The van der Waals surface area contributed by atoms with E-state index in [0.29, 0.717) is 22.2 Å². The van der Waals surface area contributed by atoms with Crippen LogP contribution >= 0.6 is 11.8 Å². The Kier molecular flexibility index (Phi) is 9.81. The molecule has 1 unspecified atom stereocenters. The van der Waals surface area contributed by atoms with Gasteiger partial charge in [-0.15, -0.1) is 18.3 Å². The normalized spacial score (nSPS) is 12.7. The second kappa shape index (κ2) is 13.7. The van der Waals surface area contributed by atoms with Crippen LogP contribution in [-0.2, 0) is 4.79 Å². The van der Waals surface area contributed by atoms with E-state index < -0.39 is 12.3 Å². The van der Waals surface area contributed by atoms with E-state index in [1.54, 1.807) is 37.6 Å². The first kappa shape index (κ1) is 30.1. The number of carbonyl (C=O) groups is 1. The van der Waals surface area contributed by atoms with Gasteiger partial charge < -0.3 is 14.6 Å². The molecule has 0 spiro atoms. The first-order valence-corrected chi connectivity index (χ1v) is 13.3. The highest BCUT2D eigenvalue weighted by Gasteiger charge is 2.31. The molecule has 0 radical (unpaired) electrons. The lowest BCUT2D eigenvalue weighted by atomic mass is 10.1. The summed E-state index contributed by atoms with van der Waals surface area (Å²) in [6.45, 7) is 1.89. The number of methoxy groups -OCH3 is 1. The minimum atomic E-state index is -4.76. The maximum atomic E-state index is 12.4. The molecule has 0 fully saturated rings. The molecule has 0 saturated carbocycles. The number of amidine groups is 1. The lowest BCUT2D eigenvalue weighted by Crippen LogP contribution is -2.17. The van der Waals surface area contributed by atoms with Crippen LogP contribution in [0.25, 0.3) is 17.1 Å². The van der Waals surface area contributed by atoms with Crippen LogP contribution in [0.3, 0.4) is 0 Å². The number of nitrogens with one attached hydrogen (secondary N) is 1. The highest BCUT2D eigenvalue weighted by molar-refractivity contribution is 8.14. The Labute approximate surface area is 242 Å².